The number of carbonyl (C=O) groups excluding carboxylic acids is 1. The summed E-state index contributed by atoms with van der Waals surface area (Å²) in [4.78, 5) is 12.6. The van der Waals surface area contributed by atoms with Crippen LogP contribution in [0.25, 0.3) is 0 Å². The Hall–Kier alpha value is -1.76. The van der Waals surface area contributed by atoms with Crippen molar-refractivity contribution in [3.63, 3.8) is 0 Å². The Bertz CT molecular complexity index is 961. The molecule has 0 bridgehead atoms. The van der Waals surface area contributed by atoms with Crippen molar-refractivity contribution < 1.29 is 13.2 Å². The van der Waals surface area contributed by atoms with Gasteiger partial charge in [0.1, 0.15) is 6.54 Å². The molecule has 0 saturated heterocycles. The minimum absolute atomic E-state index is 0.0833. The van der Waals surface area contributed by atoms with Crippen molar-refractivity contribution in [2.24, 2.45) is 0 Å². The molecule has 1 N–H and O–H groups in total. The van der Waals surface area contributed by atoms with Gasteiger partial charge in [0.05, 0.1) is 28.0 Å². The molecule has 0 saturated carbocycles. The molecule has 2 aromatic carbocycles. The van der Waals surface area contributed by atoms with E-state index in [0.29, 0.717) is 0 Å². The Kier molecular flexibility index (Phi) is 6.78. The van der Waals surface area contributed by atoms with Gasteiger partial charge in [0, 0.05) is 0 Å². The number of anilines is 1. The standard InChI is InChI=1S/C19H22Cl2N2O3S/c1-12-8-9-13(2)15(10-12)14(3)22-18(24)11-23(27(4,25)26)17-7-5-6-16(20)19(17)21/h5-10,14H,11H2,1-4H3,(H,22,24)/t14-/m1/s1. The average molecular weight is 429 g/mol. The summed E-state index contributed by atoms with van der Waals surface area (Å²) in [6, 6.07) is 10.4. The van der Waals surface area contributed by atoms with Gasteiger partial charge in [-0.3, -0.25) is 9.10 Å². The Labute approximate surface area is 170 Å². The Morgan fingerprint density at radius 2 is 1.85 bits per heavy atom. The largest absolute Gasteiger partial charge is 0.348 e. The molecule has 0 radical (unpaired) electrons. The van der Waals surface area contributed by atoms with Crippen LogP contribution < -0.4 is 9.62 Å². The number of nitrogens with one attached hydrogen (secondary N) is 1. The molecule has 1 amide bonds. The van der Waals surface area contributed by atoms with E-state index in [1.165, 1.54) is 6.07 Å². The summed E-state index contributed by atoms with van der Waals surface area (Å²) in [6.07, 6.45) is 1.02. The molecule has 1 atom stereocenters. The molecule has 0 unspecified atom stereocenters. The molecular weight excluding hydrogens is 407 g/mol. The predicted molar refractivity (Wildman–Crippen MR) is 111 cm³/mol. The van der Waals surface area contributed by atoms with Crippen molar-refractivity contribution in [1.82, 2.24) is 5.32 Å². The van der Waals surface area contributed by atoms with Gasteiger partial charge in [-0.15, -0.1) is 0 Å². The Balaban J connectivity index is 2.24. The van der Waals surface area contributed by atoms with E-state index in [0.717, 1.165) is 27.3 Å². The van der Waals surface area contributed by atoms with E-state index in [1.807, 2.05) is 39.0 Å². The van der Waals surface area contributed by atoms with Crippen molar-refractivity contribution >= 4 is 44.8 Å². The first-order valence-electron chi connectivity index (χ1n) is 8.29. The third kappa shape index (κ3) is 5.37. The molecular formula is C19H22Cl2N2O3S. The Morgan fingerprint density at radius 1 is 1.19 bits per heavy atom. The number of carbonyl (C=O) groups is 1. The number of hydrogen-bond acceptors (Lipinski definition) is 3. The lowest BCUT2D eigenvalue weighted by Crippen LogP contribution is -2.41. The molecule has 27 heavy (non-hydrogen) atoms. The SMILES string of the molecule is Cc1ccc(C)c([C@@H](C)NC(=O)CN(c2cccc(Cl)c2Cl)S(C)(=O)=O)c1. The van der Waals surface area contributed by atoms with Crippen molar-refractivity contribution in [2.45, 2.75) is 26.8 Å². The summed E-state index contributed by atoms with van der Waals surface area (Å²) in [5.74, 6) is -0.440. The minimum atomic E-state index is -3.74. The van der Waals surface area contributed by atoms with Crippen LogP contribution in [-0.2, 0) is 14.8 Å². The maximum Gasteiger partial charge on any atom is 0.241 e. The van der Waals surface area contributed by atoms with Crippen LogP contribution in [0.4, 0.5) is 5.69 Å². The first-order chi connectivity index (χ1) is 12.5. The summed E-state index contributed by atoms with van der Waals surface area (Å²) in [6.45, 7) is 5.40. The molecule has 0 aliphatic carbocycles. The van der Waals surface area contributed by atoms with E-state index in [2.05, 4.69) is 5.32 Å². The smallest absolute Gasteiger partial charge is 0.241 e. The Morgan fingerprint density at radius 3 is 2.48 bits per heavy atom. The second-order valence-electron chi connectivity index (χ2n) is 6.49. The van der Waals surface area contributed by atoms with Crippen LogP contribution in [0.5, 0.6) is 0 Å². The maximum absolute atomic E-state index is 12.6. The fraction of sp³-hybridized carbons (Fsp3) is 0.316. The normalized spacial score (nSPS) is 12.5. The van der Waals surface area contributed by atoms with Crippen LogP contribution in [0.1, 0.15) is 29.7 Å². The zero-order chi connectivity index (χ0) is 20.4. The molecule has 2 aromatic rings. The van der Waals surface area contributed by atoms with Gasteiger partial charge in [-0.1, -0.05) is 53.0 Å². The maximum atomic E-state index is 12.6. The summed E-state index contributed by atoms with van der Waals surface area (Å²) in [5, 5.41) is 3.15. The lowest BCUT2D eigenvalue weighted by Gasteiger charge is -2.25. The first-order valence-corrected chi connectivity index (χ1v) is 10.9. The second kappa shape index (κ2) is 8.50. The summed E-state index contributed by atoms with van der Waals surface area (Å²) >= 11 is 12.1. The monoisotopic (exact) mass is 428 g/mol. The molecule has 0 spiro atoms. The summed E-state index contributed by atoms with van der Waals surface area (Å²) in [5.41, 5.74) is 3.28. The summed E-state index contributed by atoms with van der Waals surface area (Å²) < 4.78 is 25.4. The van der Waals surface area contributed by atoms with Gasteiger partial charge in [0.2, 0.25) is 15.9 Å². The van der Waals surface area contributed by atoms with Gasteiger partial charge in [-0.05, 0) is 44.0 Å². The number of sulfonamides is 1. The van der Waals surface area contributed by atoms with Crippen LogP contribution in [0.3, 0.4) is 0 Å². The van der Waals surface area contributed by atoms with Crippen LogP contribution in [0.2, 0.25) is 10.0 Å². The first kappa shape index (κ1) is 21.5. The molecule has 0 heterocycles. The molecule has 0 fully saturated rings. The number of hydrogen-bond donors (Lipinski definition) is 1. The quantitative estimate of drug-likeness (QED) is 0.747. The molecule has 146 valence electrons. The van der Waals surface area contributed by atoms with Crippen molar-refractivity contribution in [2.75, 3.05) is 17.1 Å². The fourth-order valence-corrected chi connectivity index (χ4v) is 4.10. The van der Waals surface area contributed by atoms with Crippen molar-refractivity contribution in [3.8, 4) is 0 Å². The third-order valence-electron chi connectivity index (χ3n) is 4.17. The highest BCUT2D eigenvalue weighted by Gasteiger charge is 2.24. The van der Waals surface area contributed by atoms with Gasteiger partial charge >= 0.3 is 0 Å². The molecule has 0 aliphatic heterocycles. The molecule has 0 aromatic heterocycles. The number of rotatable bonds is 6. The van der Waals surface area contributed by atoms with E-state index in [4.69, 9.17) is 23.2 Å². The van der Waals surface area contributed by atoms with E-state index < -0.39 is 22.5 Å². The highest BCUT2D eigenvalue weighted by atomic mass is 35.5. The van der Waals surface area contributed by atoms with E-state index >= 15 is 0 Å². The zero-order valence-electron chi connectivity index (χ0n) is 15.6. The van der Waals surface area contributed by atoms with E-state index in [9.17, 15) is 13.2 Å². The van der Waals surface area contributed by atoms with Crippen LogP contribution in [0, 0.1) is 13.8 Å². The van der Waals surface area contributed by atoms with E-state index in [-0.39, 0.29) is 21.8 Å². The lowest BCUT2D eigenvalue weighted by atomic mass is 10.00. The lowest BCUT2D eigenvalue weighted by molar-refractivity contribution is -0.120. The minimum Gasteiger partial charge on any atom is -0.348 e. The van der Waals surface area contributed by atoms with Crippen LogP contribution >= 0.6 is 23.2 Å². The molecule has 8 heteroatoms. The highest BCUT2D eigenvalue weighted by molar-refractivity contribution is 7.92. The van der Waals surface area contributed by atoms with Gasteiger partial charge in [0.15, 0.2) is 0 Å². The van der Waals surface area contributed by atoms with Crippen LogP contribution in [0.15, 0.2) is 36.4 Å². The average Bonchev–Trinajstić information content (AvgIpc) is 2.56. The van der Waals surface area contributed by atoms with Crippen molar-refractivity contribution in [1.29, 1.82) is 0 Å². The summed E-state index contributed by atoms with van der Waals surface area (Å²) in [7, 11) is -3.74. The third-order valence-corrected chi connectivity index (χ3v) is 6.10. The zero-order valence-corrected chi connectivity index (χ0v) is 17.9. The fourth-order valence-electron chi connectivity index (χ4n) is 2.79. The predicted octanol–water partition coefficient (Wildman–Crippen LogP) is 4.25. The number of nitrogens with zero attached hydrogens (tertiary/aromatic N) is 1. The second-order valence-corrected chi connectivity index (χ2v) is 9.18. The molecule has 0 aliphatic rings. The van der Waals surface area contributed by atoms with Crippen LogP contribution in [-0.4, -0.2) is 27.1 Å². The van der Waals surface area contributed by atoms with Gasteiger partial charge in [-0.25, -0.2) is 8.42 Å². The molecule has 2 rings (SSSR count). The van der Waals surface area contributed by atoms with Gasteiger partial charge < -0.3 is 5.32 Å². The van der Waals surface area contributed by atoms with Gasteiger partial charge in [-0.2, -0.15) is 0 Å². The topological polar surface area (TPSA) is 66.5 Å². The van der Waals surface area contributed by atoms with Crippen molar-refractivity contribution in [3.05, 3.63) is 63.1 Å². The number of amides is 1. The van der Waals surface area contributed by atoms with E-state index in [1.54, 1.807) is 12.1 Å². The number of halogens is 2. The number of aryl methyl sites for hydroxylation is 2. The molecule has 5 nitrogen and oxygen atoms in total. The van der Waals surface area contributed by atoms with Gasteiger partial charge in [0.25, 0.3) is 0 Å². The highest BCUT2D eigenvalue weighted by Crippen LogP contribution is 2.33. The number of benzene rings is 2.